The van der Waals surface area contributed by atoms with Crippen molar-refractivity contribution in [2.24, 2.45) is 0 Å². The summed E-state index contributed by atoms with van der Waals surface area (Å²) in [6, 6.07) is 3.85. The number of nitrogens with zero attached hydrogens (tertiary/aromatic N) is 3. The van der Waals surface area contributed by atoms with Crippen molar-refractivity contribution in [2.75, 3.05) is 5.73 Å². The molecule has 0 aliphatic carbocycles. The zero-order chi connectivity index (χ0) is 19.1. The second-order valence-corrected chi connectivity index (χ2v) is 13.1. The summed E-state index contributed by atoms with van der Waals surface area (Å²) in [4.78, 5) is 12.6. The van der Waals surface area contributed by atoms with Crippen LogP contribution in [0.15, 0.2) is 29.1 Å². The first kappa shape index (κ1) is 18.1. The van der Waals surface area contributed by atoms with E-state index in [0.29, 0.717) is 22.7 Å². The minimum atomic E-state index is -1.66. The molecule has 0 unspecified atom stereocenters. The molecule has 0 saturated heterocycles. The first-order valence-corrected chi connectivity index (χ1v) is 11.6. The number of pyridine rings is 1. The van der Waals surface area contributed by atoms with E-state index in [4.69, 9.17) is 10.2 Å². The van der Waals surface area contributed by atoms with Crippen molar-refractivity contribution in [1.82, 2.24) is 15.0 Å². The Balaban J connectivity index is 1.97. The molecule has 0 aromatic carbocycles. The molecule has 6 heteroatoms. The Morgan fingerprint density at radius 2 is 1.85 bits per heavy atom. The standard InChI is InChI=1S/C20H24N4OSi/c1-13-9-14(7-8-26(5,6)20(2,3)4)22-11-16(13)17-10-15-18(21)23-12-24-19(15)25-17/h9-12H,1-6H3,(H2,21,23,24). The predicted octanol–water partition coefficient (Wildman–Crippen LogP) is 4.57. The highest BCUT2D eigenvalue weighted by molar-refractivity contribution is 6.87. The molecule has 5 nitrogen and oxygen atoms in total. The van der Waals surface area contributed by atoms with E-state index in [1.807, 2.05) is 19.1 Å². The Labute approximate surface area is 155 Å². The number of rotatable bonds is 1. The monoisotopic (exact) mass is 364 g/mol. The van der Waals surface area contributed by atoms with Crippen molar-refractivity contribution in [1.29, 1.82) is 0 Å². The van der Waals surface area contributed by atoms with Gasteiger partial charge < -0.3 is 10.2 Å². The quantitative estimate of drug-likeness (QED) is 0.505. The minimum Gasteiger partial charge on any atom is -0.437 e. The van der Waals surface area contributed by atoms with Gasteiger partial charge in [0.15, 0.2) is 0 Å². The lowest BCUT2D eigenvalue weighted by Crippen LogP contribution is -2.35. The third-order valence-electron chi connectivity index (χ3n) is 5.11. The van der Waals surface area contributed by atoms with Gasteiger partial charge in [-0.15, -0.1) is 5.54 Å². The number of nitrogen functional groups attached to an aromatic ring is 1. The van der Waals surface area contributed by atoms with Crippen LogP contribution in [0.2, 0.25) is 18.1 Å². The number of hydrogen-bond donors (Lipinski definition) is 1. The van der Waals surface area contributed by atoms with Gasteiger partial charge in [-0.05, 0) is 29.7 Å². The number of anilines is 1. The van der Waals surface area contributed by atoms with Crippen LogP contribution >= 0.6 is 0 Å². The van der Waals surface area contributed by atoms with E-state index >= 15 is 0 Å². The van der Waals surface area contributed by atoms with E-state index in [9.17, 15) is 0 Å². The number of fused-ring (bicyclic) bond motifs is 1. The second kappa shape index (κ2) is 6.26. The molecule has 0 bridgehead atoms. The summed E-state index contributed by atoms with van der Waals surface area (Å²) >= 11 is 0. The Morgan fingerprint density at radius 3 is 2.46 bits per heavy atom. The lowest BCUT2D eigenvalue weighted by atomic mass is 10.1. The van der Waals surface area contributed by atoms with Gasteiger partial charge in [-0.1, -0.05) is 39.8 Å². The lowest BCUT2D eigenvalue weighted by molar-refractivity contribution is 0.617. The van der Waals surface area contributed by atoms with Crippen LogP contribution in [0.25, 0.3) is 22.4 Å². The first-order valence-electron chi connectivity index (χ1n) is 8.59. The number of nitrogens with two attached hydrogens (primary N) is 1. The smallest absolute Gasteiger partial charge is 0.231 e. The van der Waals surface area contributed by atoms with E-state index in [2.05, 4.69) is 60.3 Å². The fourth-order valence-electron chi connectivity index (χ4n) is 2.30. The minimum absolute atomic E-state index is 0.226. The van der Waals surface area contributed by atoms with Crippen LogP contribution in [-0.2, 0) is 0 Å². The summed E-state index contributed by atoms with van der Waals surface area (Å²) in [7, 11) is -1.66. The van der Waals surface area contributed by atoms with E-state index < -0.39 is 8.07 Å². The molecule has 0 fully saturated rings. The van der Waals surface area contributed by atoms with Gasteiger partial charge in [-0.25, -0.2) is 15.0 Å². The average molecular weight is 365 g/mol. The molecule has 0 aliphatic rings. The zero-order valence-corrected chi connectivity index (χ0v) is 17.1. The maximum absolute atomic E-state index is 5.88. The fraction of sp³-hybridized carbons (Fsp3) is 0.350. The van der Waals surface area contributed by atoms with Gasteiger partial charge in [0.25, 0.3) is 0 Å². The maximum Gasteiger partial charge on any atom is 0.231 e. The summed E-state index contributed by atoms with van der Waals surface area (Å²) in [5.41, 5.74) is 12.6. The van der Waals surface area contributed by atoms with Gasteiger partial charge in [-0.3, -0.25) is 0 Å². The molecule has 0 radical (unpaired) electrons. The SMILES string of the molecule is Cc1cc(C#C[Si](C)(C)C(C)(C)C)ncc1-c1cc2c(N)ncnc2o1. The summed E-state index contributed by atoms with van der Waals surface area (Å²) in [6.07, 6.45) is 3.20. The summed E-state index contributed by atoms with van der Waals surface area (Å²) in [5.74, 6) is 4.37. The van der Waals surface area contributed by atoms with Crippen LogP contribution in [-0.4, -0.2) is 23.0 Å². The van der Waals surface area contributed by atoms with Crippen LogP contribution in [0.4, 0.5) is 5.82 Å². The van der Waals surface area contributed by atoms with Crippen LogP contribution in [0, 0.1) is 18.4 Å². The Morgan fingerprint density at radius 1 is 1.12 bits per heavy atom. The fourth-order valence-corrected chi connectivity index (χ4v) is 3.11. The first-order chi connectivity index (χ1) is 12.1. The van der Waals surface area contributed by atoms with Crippen molar-refractivity contribution >= 4 is 25.0 Å². The molecule has 26 heavy (non-hydrogen) atoms. The molecule has 0 atom stereocenters. The molecule has 2 N–H and O–H groups in total. The van der Waals surface area contributed by atoms with Gasteiger partial charge in [0, 0.05) is 11.8 Å². The average Bonchev–Trinajstić information content (AvgIpc) is 2.97. The van der Waals surface area contributed by atoms with Crippen molar-refractivity contribution in [3.8, 4) is 22.8 Å². The summed E-state index contributed by atoms with van der Waals surface area (Å²) < 4.78 is 5.81. The van der Waals surface area contributed by atoms with Crippen molar-refractivity contribution in [3.63, 3.8) is 0 Å². The van der Waals surface area contributed by atoms with Gasteiger partial charge in [-0.2, -0.15) is 0 Å². The Hall–Kier alpha value is -2.65. The van der Waals surface area contributed by atoms with E-state index in [-0.39, 0.29) is 5.04 Å². The summed E-state index contributed by atoms with van der Waals surface area (Å²) in [6.45, 7) is 13.4. The Bertz CT molecular complexity index is 1040. The molecule has 3 rings (SSSR count). The van der Waals surface area contributed by atoms with Crippen LogP contribution in [0.5, 0.6) is 0 Å². The third-order valence-corrected chi connectivity index (χ3v) is 9.61. The zero-order valence-electron chi connectivity index (χ0n) is 16.1. The van der Waals surface area contributed by atoms with Gasteiger partial charge in [0.05, 0.1) is 5.39 Å². The molecular weight excluding hydrogens is 340 g/mol. The van der Waals surface area contributed by atoms with Crippen molar-refractivity contribution < 1.29 is 4.42 Å². The number of furan rings is 1. The lowest BCUT2D eigenvalue weighted by Gasteiger charge is -2.31. The third kappa shape index (κ3) is 3.35. The maximum atomic E-state index is 5.88. The normalized spacial score (nSPS) is 12.1. The van der Waals surface area contributed by atoms with Crippen molar-refractivity contribution in [3.05, 3.63) is 35.9 Å². The number of aromatic nitrogens is 3. The van der Waals surface area contributed by atoms with E-state index in [1.54, 1.807) is 6.20 Å². The molecule has 3 heterocycles. The number of aryl methyl sites for hydroxylation is 1. The highest BCUT2D eigenvalue weighted by Gasteiger charge is 2.33. The molecule has 0 amide bonds. The van der Waals surface area contributed by atoms with Crippen LogP contribution < -0.4 is 5.73 Å². The number of hydrogen-bond acceptors (Lipinski definition) is 5. The highest BCUT2D eigenvalue weighted by atomic mass is 28.3. The Kier molecular flexibility index (Phi) is 4.37. The molecule has 134 valence electrons. The van der Waals surface area contributed by atoms with E-state index in [0.717, 1.165) is 16.8 Å². The summed E-state index contributed by atoms with van der Waals surface area (Å²) in [5, 5.41) is 0.938. The molecule has 0 spiro atoms. The van der Waals surface area contributed by atoms with Crippen LogP contribution in [0.1, 0.15) is 32.0 Å². The molecular formula is C20H24N4OSi. The van der Waals surface area contributed by atoms with E-state index in [1.165, 1.54) is 6.33 Å². The van der Waals surface area contributed by atoms with Gasteiger partial charge in [0.2, 0.25) is 5.71 Å². The second-order valence-electron chi connectivity index (χ2n) is 8.10. The largest absolute Gasteiger partial charge is 0.437 e. The van der Waals surface area contributed by atoms with Crippen molar-refractivity contribution in [2.45, 2.75) is 45.8 Å². The topological polar surface area (TPSA) is 77.8 Å². The molecule has 0 aliphatic heterocycles. The highest BCUT2D eigenvalue weighted by Crippen LogP contribution is 2.35. The molecule has 3 aromatic rings. The molecule has 0 saturated carbocycles. The van der Waals surface area contributed by atoms with Gasteiger partial charge >= 0.3 is 0 Å². The molecule has 3 aromatic heterocycles. The predicted molar refractivity (Wildman–Crippen MR) is 108 cm³/mol. The van der Waals surface area contributed by atoms with Gasteiger partial charge in [0.1, 0.15) is 31.7 Å². The van der Waals surface area contributed by atoms with Crippen LogP contribution in [0.3, 0.4) is 0 Å².